The fourth-order valence-corrected chi connectivity index (χ4v) is 3.08. The number of hydrogen-bond acceptors (Lipinski definition) is 3. The minimum absolute atomic E-state index is 0.0346. The number of halogens is 1. The van der Waals surface area contributed by atoms with Crippen LogP contribution in [0.2, 0.25) is 0 Å². The molecule has 0 aromatic heterocycles. The van der Waals surface area contributed by atoms with Gasteiger partial charge in [0.1, 0.15) is 0 Å². The molecule has 1 amide bonds. The van der Waals surface area contributed by atoms with Crippen molar-refractivity contribution in [1.82, 2.24) is 0 Å². The number of hydrogen-bond donors (Lipinski definition) is 2. The summed E-state index contributed by atoms with van der Waals surface area (Å²) in [6.07, 6.45) is 2.19. The molecule has 1 aliphatic heterocycles. The summed E-state index contributed by atoms with van der Waals surface area (Å²) in [5, 5.41) is 2.91. The molecule has 2 N–H and O–H groups in total. The number of carbonyl (C=O) groups excluding carboxylic acids is 2. The van der Waals surface area contributed by atoms with Crippen molar-refractivity contribution in [3.63, 3.8) is 0 Å². The van der Waals surface area contributed by atoms with Gasteiger partial charge in [-0.2, -0.15) is 0 Å². The van der Waals surface area contributed by atoms with E-state index < -0.39 is 0 Å². The van der Waals surface area contributed by atoms with Crippen LogP contribution in [0.4, 0.5) is 5.69 Å². The van der Waals surface area contributed by atoms with E-state index in [0.29, 0.717) is 13.0 Å². The standard InChI is InChI=1S/C17H23BrN2O3/c1-2-23-17(22)13-7-10-20(11-8-13)12-9-16(21)19-15-5-3-14(18)4-6-15/h3-6,13H,2,7-12H2,1H3,(H,19,21)/p+1. The van der Waals surface area contributed by atoms with Crippen LogP contribution in [0.15, 0.2) is 28.7 Å². The average molecular weight is 384 g/mol. The number of nitrogens with one attached hydrogen (secondary N) is 2. The van der Waals surface area contributed by atoms with Crippen LogP contribution in [0.5, 0.6) is 0 Å². The number of quaternary nitrogens is 1. The van der Waals surface area contributed by atoms with E-state index >= 15 is 0 Å². The third kappa shape index (κ3) is 5.95. The molecule has 0 bridgehead atoms. The van der Waals surface area contributed by atoms with Crippen LogP contribution in [0, 0.1) is 5.92 Å². The van der Waals surface area contributed by atoms with Crippen molar-refractivity contribution in [2.24, 2.45) is 5.92 Å². The molecule has 0 aliphatic carbocycles. The van der Waals surface area contributed by atoms with Gasteiger partial charge in [-0.15, -0.1) is 0 Å². The molecule has 0 unspecified atom stereocenters. The number of benzene rings is 1. The molecule has 1 fully saturated rings. The molecule has 0 radical (unpaired) electrons. The Hall–Kier alpha value is -1.40. The Morgan fingerprint density at radius 3 is 2.52 bits per heavy atom. The second-order valence-electron chi connectivity index (χ2n) is 5.83. The molecule has 1 aliphatic rings. The maximum absolute atomic E-state index is 12.0. The van der Waals surface area contributed by atoms with Crippen LogP contribution in [0.1, 0.15) is 26.2 Å². The Morgan fingerprint density at radius 2 is 1.91 bits per heavy atom. The van der Waals surface area contributed by atoms with E-state index in [1.807, 2.05) is 31.2 Å². The minimum Gasteiger partial charge on any atom is -0.466 e. The number of esters is 1. The summed E-state index contributed by atoms with van der Waals surface area (Å²) in [5.41, 5.74) is 0.814. The van der Waals surface area contributed by atoms with Gasteiger partial charge in [0.25, 0.3) is 0 Å². The van der Waals surface area contributed by atoms with Crippen molar-refractivity contribution in [3.8, 4) is 0 Å². The summed E-state index contributed by atoms with van der Waals surface area (Å²) < 4.78 is 6.06. The fourth-order valence-electron chi connectivity index (χ4n) is 2.82. The molecule has 1 saturated heterocycles. The van der Waals surface area contributed by atoms with Gasteiger partial charge in [-0.3, -0.25) is 9.59 Å². The lowest BCUT2D eigenvalue weighted by molar-refractivity contribution is -0.905. The predicted octanol–water partition coefficient (Wildman–Crippen LogP) is 1.64. The van der Waals surface area contributed by atoms with Gasteiger partial charge in [0, 0.05) is 23.0 Å². The smallest absolute Gasteiger partial charge is 0.309 e. The molecule has 126 valence electrons. The third-order valence-electron chi connectivity index (χ3n) is 4.15. The van der Waals surface area contributed by atoms with Crippen molar-refractivity contribution < 1.29 is 19.2 Å². The van der Waals surface area contributed by atoms with Gasteiger partial charge in [0.05, 0.1) is 38.6 Å². The Morgan fingerprint density at radius 1 is 1.26 bits per heavy atom. The number of carbonyl (C=O) groups is 2. The molecule has 1 aromatic rings. The van der Waals surface area contributed by atoms with Crippen molar-refractivity contribution in [3.05, 3.63) is 28.7 Å². The number of piperidine rings is 1. The van der Waals surface area contributed by atoms with Crippen LogP contribution in [0.3, 0.4) is 0 Å². The second kappa shape index (κ2) is 9.03. The molecule has 1 aromatic carbocycles. The number of amides is 1. The second-order valence-corrected chi connectivity index (χ2v) is 6.75. The summed E-state index contributed by atoms with van der Waals surface area (Å²) in [6, 6.07) is 7.56. The molecular weight excluding hydrogens is 360 g/mol. The minimum atomic E-state index is -0.0699. The first kappa shape index (κ1) is 17.9. The topological polar surface area (TPSA) is 59.8 Å². The lowest BCUT2D eigenvalue weighted by atomic mass is 9.97. The van der Waals surface area contributed by atoms with Gasteiger partial charge in [-0.1, -0.05) is 15.9 Å². The number of likely N-dealkylation sites (tertiary alicyclic amines) is 1. The highest BCUT2D eigenvalue weighted by Crippen LogP contribution is 2.14. The zero-order valence-corrected chi connectivity index (χ0v) is 15.0. The van der Waals surface area contributed by atoms with Crippen LogP contribution < -0.4 is 10.2 Å². The highest BCUT2D eigenvalue weighted by Gasteiger charge is 2.28. The average Bonchev–Trinajstić information content (AvgIpc) is 2.56. The molecule has 2 rings (SSSR count). The van der Waals surface area contributed by atoms with E-state index in [0.717, 1.165) is 42.6 Å². The van der Waals surface area contributed by atoms with E-state index in [4.69, 9.17) is 4.74 Å². The highest BCUT2D eigenvalue weighted by atomic mass is 79.9. The first-order valence-corrected chi connectivity index (χ1v) is 8.93. The van der Waals surface area contributed by atoms with E-state index in [1.165, 1.54) is 4.90 Å². The monoisotopic (exact) mass is 383 g/mol. The summed E-state index contributed by atoms with van der Waals surface area (Å²) in [7, 11) is 0. The Labute approximate surface area is 145 Å². The molecule has 0 saturated carbocycles. The molecule has 0 spiro atoms. The van der Waals surface area contributed by atoms with Crippen LogP contribution >= 0.6 is 15.9 Å². The number of ether oxygens (including phenoxy) is 1. The quantitative estimate of drug-likeness (QED) is 0.734. The summed E-state index contributed by atoms with van der Waals surface area (Å²) in [6.45, 7) is 4.94. The third-order valence-corrected chi connectivity index (χ3v) is 4.67. The van der Waals surface area contributed by atoms with E-state index in [9.17, 15) is 9.59 Å². The van der Waals surface area contributed by atoms with Crippen LogP contribution in [0.25, 0.3) is 0 Å². The predicted molar refractivity (Wildman–Crippen MR) is 92.3 cm³/mol. The zero-order chi connectivity index (χ0) is 16.7. The van der Waals surface area contributed by atoms with Gasteiger partial charge in [-0.05, 0) is 31.2 Å². The SMILES string of the molecule is CCOC(=O)C1CC[NH+](CCC(=O)Nc2ccc(Br)cc2)CC1. The molecule has 5 nitrogen and oxygen atoms in total. The van der Waals surface area contributed by atoms with Crippen LogP contribution in [-0.2, 0) is 14.3 Å². The first-order valence-electron chi connectivity index (χ1n) is 8.14. The molecule has 0 atom stereocenters. The molecular formula is C17H24BrN2O3+. The molecule has 23 heavy (non-hydrogen) atoms. The fraction of sp³-hybridized carbons (Fsp3) is 0.529. The normalized spacial score (nSPS) is 20.8. The summed E-state index contributed by atoms with van der Waals surface area (Å²) >= 11 is 3.37. The lowest BCUT2D eigenvalue weighted by Gasteiger charge is -2.27. The van der Waals surface area contributed by atoms with Gasteiger partial charge in [-0.25, -0.2) is 0 Å². The van der Waals surface area contributed by atoms with E-state index in [-0.39, 0.29) is 17.8 Å². The van der Waals surface area contributed by atoms with E-state index in [1.54, 1.807) is 0 Å². The molecule has 6 heteroatoms. The zero-order valence-electron chi connectivity index (χ0n) is 13.4. The van der Waals surface area contributed by atoms with Gasteiger partial charge in [0.2, 0.25) is 5.91 Å². The Balaban J connectivity index is 1.67. The van der Waals surface area contributed by atoms with Crippen molar-refractivity contribution in [2.45, 2.75) is 26.2 Å². The summed E-state index contributed by atoms with van der Waals surface area (Å²) in [5.74, 6) is 0.00200. The maximum Gasteiger partial charge on any atom is 0.309 e. The Bertz CT molecular complexity index is 525. The highest BCUT2D eigenvalue weighted by molar-refractivity contribution is 9.10. The molecule has 1 heterocycles. The van der Waals surface area contributed by atoms with Crippen molar-refractivity contribution in [2.75, 3.05) is 31.6 Å². The van der Waals surface area contributed by atoms with Crippen molar-refractivity contribution in [1.29, 1.82) is 0 Å². The lowest BCUT2D eigenvalue weighted by Crippen LogP contribution is -3.13. The van der Waals surface area contributed by atoms with Gasteiger partial charge >= 0.3 is 5.97 Å². The van der Waals surface area contributed by atoms with Gasteiger partial charge in [0.15, 0.2) is 0 Å². The Kier molecular flexibility index (Phi) is 7.05. The largest absolute Gasteiger partial charge is 0.466 e. The first-order chi connectivity index (χ1) is 11.1. The van der Waals surface area contributed by atoms with Gasteiger partial charge < -0.3 is 15.0 Å². The maximum atomic E-state index is 12.0. The summed E-state index contributed by atoms with van der Waals surface area (Å²) in [4.78, 5) is 25.1. The number of rotatable bonds is 6. The van der Waals surface area contributed by atoms with Crippen molar-refractivity contribution >= 4 is 33.5 Å². The van der Waals surface area contributed by atoms with E-state index in [2.05, 4.69) is 21.2 Å². The van der Waals surface area contributed by atoms with Crippen LogP contribution in [-0.4, -0.2) is 38.1 Å². The number of anilines is 1.